The lowest BCUT2D eigenvalue weighted by atomic mass is 9.92. The minimum atomic E-state index is -1.72. The Labute approximate surface area is 103 Å². The van der Waals surface area contributed by atoms with Crippen LogP contribution in [0.3, 0.4) is 0 Å². The largest absolute Gasteiger partial charge is 0.393 e. The van der Waals surface area contributed by atoms with Crippen molar-refractivity contribution in [3.63, 3.8) is 0 Å². The third-order valence-corrected chi connectivity index (χ3v) is 4.42. The van der Waals surface area contributed by atoms with Gasteiger partial charge in [-0.05, 0) is 39.9 Å². The van der Waals surface area contributed by atoms with Crippen LogP contribution in [-0.2, 0) is 0 Å². The SMILES string of the molecule is C[C@](O)(CO)[C@H](O)C(O)C1=CP=PC=CC=C1. The smallest absolute Gasteiger partial charge is 0.115 e. The van der Waals surface area contributed by atoms with Crippen LogP contribution in [0.2, 0.25) is 0 Å². The van der Waals surface area contributed by atoms with Crippen LogP contribution in [0.1, 0.15) is 6.92 Å². The maximum Gasteiger partial charge on any atom is 0.115 e. The van der Waals surface area contributed by atoms with Gasteiger partial charge in [0.05, 0.1) is 6.61 Å². The van der Waals surface area contributed by atoms with E-state index in [1.54, 1.807) is 18.0 Å². The Morgan fingerprint density at radius 1 is 1.29 bits per heavy atom. The Morgan fingerprint density at radius 3 is 2.65 bits per heavy atom. The molecule has 0 saturated carbocycles. The summed E-state index contributed by atoms with van der Waals surface area (Å²) in [6.07, 6.45) is 2.64. The average molecular weight is 274 g/mol. The summed E-state index contributed by atoms with van der Waals surface area (Å²) in [4.78, 5) is 0. The van der Waals surface area contributed by atoms with E-state index in [2.05, 4.69) is 0 Å². The van der Waals surface area contributed by atoms with E-state index in [4.69, 9.17) is 5.11 Å². The topological polar surface area (TPSA) is 80.9 Å². The second kappa shape index (κ2) is 6.55. The summed E-state index contributed by atoms with van der Waals surface area (Å²) in [5, 5.41) is 38.4. The van der Waals surface area contributed by atoms with Crippen LogP contribution in [0.5, 0.6) is 0 Å². The van der Waals surface area contributed by atoms with Crippen LogP contribution in [0.15, 0.2) is 35.4 Å². The molecular formula is C11H16O4P2. The summed E-state index contributed by atoms with van der Waals surface area (Å²) in [6, 6.07) is 0. The van der Waals surface area contributed by atoms with Crippen molar-refractivity contribution in [3.8, 4) is 0 Å². The van der Waals surface area contributed by atoms with Crippen LogP contribution in [0.25, 0.3) is 0 Å². The van der Waals surface area contributed by atoms with Crippen molar-refractivity contribution < 1.29 is 20.4 Å². The fraction of sp³-hybridized carbons (Fsp3) is 0.455. The van der Waals surface area contributed by atoms with E-state index in [-0.39, 0.29) is 0 Å². The van der Waals surface area contributed by atoms with Crippen molar-refractivity contribution in [1.82, 2.24) is 0 Å². The molecule has 4 N–H and O–H groups in total. The number of hydrogen-bond donors (Lipinski definition) is 4. The molecule has 0 aromatic carbocycles. The molecule has 0 fully saturated rings. The zero-order valence-electron chi connectivity index (χ0n) is 9.43. The molecule has 0 amide bonds. The average Bonchev–Trinajstić information content (AvgIpc) is 2.27. The molecular weight excluding hydrogens is 258 g/mol. The van der Waals surface area contributed by atoms with Gasteiger partial charge in [-0.25, -0.2) is 0 Å². The van der Waals surface area contributed by atoms with Gasteiger partial charge < -0.3 is 20.4 Å². The highest BCUT2D eigenvalue weighted by Crippen LogP contribution is 2.26. The molecule has 0 radical (unpaired) electrons. The molecule has 0 saturated heterocycles. The molecule has 1 unspecified atom stereocenters. The maximum atomic E-state index is 9.95. The highest BCUT2D eigenvalue weighted by Gasteiger charge is 2.36. The summed E-state index contributed by atoms with van der Waals surface area (Å²) < 4.78 is 0. The van der Waals surface area contributed by atoms with Gasteiger partial charge in [-0.2, -0.15) is 0 Å². The van der Waals surface area contributed by atoms with E-state index >= 15 is 0 Å². The van der Waals surface area contributed by atoms with Gasteiger partial charge in [-0.3, -0.25) is 0 Å². The Morgan fingerprint density at radius 2 is 2.00 bits per heavy atom. The molecule has 17 heavy (non-hydrogen) atoms. The number of aliphatic hydroxyl groups excluding tert-OH is 3. The van der Waals surface area contributed by atoms with Crippen LogP contribution < -0.4 is 0 Å². The molecule has 1 aliphatic heterocycles. The highest BCUT2D eigenvalue weighted by molar-refractivity contribution is 7.86. The van der Waals surface area contributed by atoms with Gasteiger partial charge in [0.15, 0.2) is 0 Å². The third-order valence-electron chi connectivity index (χ3n) is 2.42. The molecule has 94 valence electrons. The highest BCUT2D eigenvalue weighted by atomic mass is 31.7. The van der Waals surface area contributed by atoms with E-state index in [1.807, 2.05) is 11.9 Å². The second-order valence-electron chi connectivity index (χ2n) is 3.97. The lowest BCUT2D eigenvalue weighted by molar-refractivity contribution is -0.126. The van der Waals surface area contributed by atoms with Crippen molar-refractivity contribution in [2.24, 2.45) is 0 Å². The molecule has 1 rings (SSSR count). The molecule has 0 spiro atoms. The zero-order valence-corrected chi connectivity index (χ0v) is 11.2. The Kier molecular flexibility index (Phi) is 5.68. The molecule has 3 atom stereocenters. The van der Waals surface area contributed by atoms with Gasteiger partial charge in [0.2, 0.25) is 0 Å². The first kappa shape index (κ1) is 14.7. The van der Waals surface area contributed by atoms with Crippen LogP contribution in [0.4, 0.5) is 0 Å². The number of aliphatic hydroxyl groups is 4. The summed E-state index contributed by atoms with van der Waals surface area (Å²) in [5.41, 5.74) is -1.19. The predicted octanol–water partition coefficient (Wildman–Crippen LogP) is 1.23. The molecule has 1 aliphatic rings. The summed E-state index contributed by atoms with van der Waals surface area (Å²) >= 11 is 0. The van der Waals surface area contributed by atoms with E-state index in [9.17, 15) is 15.3 Å². The summed E-state index contributed by atoms with van der Waals surface area (Å²) in [6.45, 7) is 0.669. The quantitative estimate of drug-likeness (QED) is 0.581. The first-order chi connectivity index (χ1) is 7.99. The first-order valence-electron chi connectivity index (χ1n) is 5.11. The Bertz CT molecular complexity index is 372. The predicted molar refractivity (Wildman–Crippen MR) is 69.9 cm³/mol. The van der Waals surface area contributed by atoms with Crippen LogP contribution >= 0.6 is 15.7 Å². The normalized spacial score (nSPS) is 24.2. The van der Waals surface area contributed by atoms with Crippen molar-refractivity contribution in [3.05, 3.63) is 35.4 Å². The van der Waals surface area contributed by atoms with Gasteiger partial charge in [-0.1, -0.05) is 18.2 Å². The molecule has 0 aromatic rings. The van der Waals surface area contributed by atoms with Gasteiger partial charge in [0, 0.05) is 0 Å². The lowest BCUT2D eigenvalue weighted by Gasteiger charge is -2.31. The van der Waals surface area contributed by atoms with Crippen molar-refractivity contribution in [1.29, 1.82) is 0 Å². The molecule has 4 nitrogen and oxygen atoms in total. The molecule has 0 aromatic heterocycles. The van der Waals surface area contributed by atoms with Gasteiger partial charge in [-0.15, -0.1) is 0 Å². The van der Waals surface area contributed by atoms with Gasteiger partial charge >= 0.3 is 0 Å². The first-order valence-corrected chi connectivity index (χ1v) is 7.75. The standard InChI is InChI=1S/C11H16O4P2/c1-11(15,7-12)10(14)9(13)8-4-2-3-5-16-17-6-8/h2-6,9-10,12-15H,7H2,1H3/t9?,10-,11+/m1/s1. The van der Waals surface area contributed by atoms with Crippen LogP contribution in [0, 0.1) is 0 Å². The minimum Gasteiger partial charge on any atom is -0.393 e. The van der Waals surface area contributed by atoms with E-state index in [0.29, 0.717) is 5.57 Å². The lowest BCUT2D eigenvalue weighted by Crippen LogP contribution is -2.49. The summed E-state index contributed by atoms with van der Waals surface area (Å²) in [7, 11) is 2.05. The molecule has 1 heterocycles. The van der Waals surface area contributed by atoms with E-state index < -0.39 is 24.4 Å². The van der Waals surface area contributed by atoms with E-state index in [0.717, 1.165) is 15.7 Å². The summed E-state index contributed by atoms with van der Waals surface area (Å²) in [5.74, 6) is 3.75. The van der Waals surface area contributed by atoms with Gasteiger partial charge in [0.1, 0.15) is 17.8 Å². The van der Waals surface area contributed by atoms with Gasteiger partial charge in [0.25, 0.3) is 0 Å². The fourth-order valence-electron chi connectivity index (χ4n) is 1.23. The maximum absolute atomic E-state index is 9.95. The van der Waals surface area contributed by atoms with E-state index in [1.165, 1.54) is 6.92 Å². The fourth-order valence-corrected chi connectivity index (χ4v) is 2.98. The Balaban J connectivity index is 2.85. The minimum absolute atomic E-state index is 0.532. The third kappa shape index (κ3) is 4.11. The monoisotopic (exact) mass is 274 g/mol. The molecule has 0 bridgehead atoms. The van der Waals surface area contributed by atoms with Crippen molar-refractivity contribution in [2.45, 2.75) is 24.7 Å². The number of allylic oxidation sites excluding steroid dienone is 2. The Hall–Kier alpha value is -0.340. The van der Waals surface area contributed by atoms with Crippen molar-refractivity contribution in [2.75, 3.05) is 6.61 Å². The molecule has 0 aliphatic carbocycles. The second-order valence-corrected chi connectivity index (χ2v) is 6.37. The molecule has 6 heteroatoms. The van der Waals surface area contributed by atoms with Crippen molar-refractivity contribution >= 4 is 15.7 Å². The number of rotatable bonds is 4. The zero-order chi connectivity index (χ0) is 12.9. The van der Waals surface area contributed by atoms with Crippen LogP contribution in [-0.4, -0.2) is 44.8 Å². The number of hydrogen-bond acceptors (Lipinski definition) is 4.